The molecule has 0 aliphatic rings. The second-order valence-corrected chi connectivity index (χ2v) is 3.87. The minimum absolute atomic E-state index is 0.133. The van der Waals surface area contributed by atoms with E-state index in [2.05, 4.69) is 5.32 Å². The highest BCUT2D eigenvalue weighted by Crippen LogP contribution is 2.01. The Morgan fingerprint density at radius 2 is 1.53 bits per heavy atom. The van der Waals surface area contributed by atoms with Crippen LogP contribution in [-0.2, 0) is 19.2 Å². The number of carboxylic acid groups (broad SMARTS) is 3. The van der Waals surface area contributed by atoms with Gasteiger partial charge in [-0.25, -0.2) is 4.79 Å². The minimum Gasteiger partial charge on any atom is -0.481 e. The maximum Gasteiger partial charge on any atom is 0.326 e. The molecule has 0 saturated heterocycles. The zero-order valence-electron chi connectivity index (χ0n) is 10.0. The third kappa shape index (κ3) is 7.71. The summed E-state index contributed by atoms with van der Waals surface area (Å²) < 4.78 is 0. The van der Waals surface area contributed by atoms with Gasteiger partial charge in [-0.3, -0.25) is 14.4 Å². The van der Waals surface area contributed by atoms with Crippen molar-refractivity contribution in [1.82, 2.24) is 5.32 Å². The van der Waals surface area contributed by atoms with E-state index in [1.54, 1.807) is 0 Å². The van der Waals surface area contributed by atoms with E-state index >= 15 is 0 Å². The molecule has 0 aliphatic heterocycles. The van der Waals surface area contributed by atoms with Crippen molar-refractivity contribution in [3.05, 3.63) is 0 Å². The number of carboxylic acids is 3. The van der Waals surface area contributed by atoms with Gasteiger partial charge in [0.25, 0.3) is 0 Å². The first kappa shape index (κ1) is 16.8. The molecule has 0 aliphatic carbocycles. The van der Waals surface area contributed by atoms with Gasteiger partial charge < -0.3 is 26.4 Å². The van der Waals surface area contributed by atoms with Crippen molar-refractivity contribution in [3.8, 4) is 0 Å². The SMILES string of the molecule is N[C@H](CCC(=O)N[C@H](CCC(=O)O)C(=O)O)C(=O)O. The van der Waals surface area contributed by atoms with Crippen molar-refractivity contribution >= 4 is 23.8 Å². The van der Waals surface area contributed by atoms with E-state index in [0.717, 1.165) is 0 Å². The number of carbonyl (C=O) groups is 4. The molecule has 0 spiro atoms. The monoisotopic (exact) mass is 276 g/mol. The normalized spacial score (nSPS) is 13.3. The second kappa shape index (κ2) is 8.03. The molecule has 9 heteroatoms. The van der Waals surface area contributed by atoms with E-state index < -0.39 is 42.3 Å². The molecule has 0 aromatic heterocycles. The first-order valence-electron chi connectivity index (χ1n) is 5.46. The maximum absolute atomic E-state index is 11.4. The van der Waals surface area contributed by atoms with Gasteiger partial charge in [-0.1, -0.05) is 0 Å². The highest BCUT2D eigenvalue weighted by atomic mass is 16.4. The lowest BCUT2D eigenvalue weighted by atomic mass is 10.1. The molecular weight excluding hydrogens is 260 g/mol. The van der Waals surface area contributed by atoms with Crippen molar-refractivity contribution in [2.75, 3.05) is 0 Å². The molecule has 108 valence electrons. The average Bonchev–Trinajstić information content (AvgIpc) is 2.30. The van der Waals surface area contributed by atoms with Crippen LogP contribution in [0.1, 0.15) is 25.7 Å². The zero-order chi connectivity index (χ0) is 15.0. The minimum atomic E-state index is -1.35. The Kier molecular flexibility index (Phi) is 7.12. The van der Waals surface area contributed by atoms with Crippen LogP contribution in [0.4, 0.5) is 0 Å². The number of rotatable bonds is 9. The summed E-state index contributed by atoms with van der Waals surface area (Å²) in [4.78, 5) is 42.8. The molecule has 0 fully saturated rings. The molecule has 0 heterocycles. The Hall–Kier alpha value is -2.16. The lowest BCUT2D eigenvalue weighted by molar-refractivity contribution is -0.143. The molecule has 0 aromatic carbocycles. The summed E-state index contributed by atoms with van der Waals surface area (Å²) in [5, 5.41) is 27.8. The summed E-state index contributed by atoms with van der Waals surface area (Å²) in [5.41, 5.74) is 5.18. The number of hydrogen-bond donors (Lipinski definition) is 5. The molecular formula is C10H16N2O7. The van der Waals surface area contributed by atoms with Crippen molar-refractivity contribution in [1.29, 1.82) is 0 Å². The predicted molar refractivity (Wildman–Crippen MR) is 61.3 cm³/mol. The third-order valence-corrected chi connectivity index (χ3v) is 2.28. The summed E-state index contributed by atoms with van der Waals surface area (Å²) in [6.45, 7) is 0. The number of carbonyl (C=O) groups excluding carboxylic acids is 1. The van der Waals surface area contributed by atoms with Crippen molar-refractivity contribution in [2.24, 2.45) is 5.73 Å². The molecule has 0 unspecified atom stereocenters. The molecule has 0 radical (unpaired) electrons. The number of nitrogens with two attached hydrogens (primary N) is 1. The Labute approximate surface area is 108 Å². The van der Waals surface area contributed by atoms with Crippen LogP contribution in [0.2, 0.25) is 0 Å². The van der Waals surface area contributed by atoms with E-state index in [1.807, 2.05) is 0 Å². The lowest BCUT2D eigenvalue weighted by Gasteiger charge is -2.14. The van der Waals surface area contributed by atoms with Crippen LogP contribution in [0.3, 0.4) is 0 Å². The molecule has 0 saturated carbocycles. The van der Waals surface area contributed by atoms with Crippen LogP contribution < -0.4 is 11.1 Å². The highest BCUT2D eigenvalue weighted by Gasteiger charge is 2.21. The van der Waals surface area contributed by atoms with Crippen LogP contribution in [-0.4, -0.2) is 51.2 Å². The van der Waals surface area contributed by atoms with Gasteiger partial charge in [0.2, 0.25) is 5.91 Å². The van der Waals surface area contributed by atoms with Crippen LogP contribution in [0, 0.1) is 0 Å². The molecule has 0 aromatic rings. The quantitative estimate of drug-likeness (QED) is 0.343. The Bertz CT molecular complexity index is 369. The summed E-state index contributed by atoms with van der Waals surface area (Å²) in [5.74, 6) is -4.46. The summed E-state index contributed by atoms with van der Waals surface area (Å²) in [6.07, 6.45) is -1.02. The van der Waals surface area contributed by atoms with E-state index in [4.69, 9.17) is 21.1 Å². The second-order valence-electron chi connectivity index (χ2n) is 3.87. The van der Waals surface area contributed by atoms with Gasteiger partial charge in [0.05, 0.1) is 0 Å². The van der Waals surface area contributed by atoms with Crippen molar-refractivity contribution in [2.45, 2.75) is 37.8 Å². The largest absolute Gasteiger partial charge is 0.481 e. The van der Waals surface area contributed by atoms with E-state index in [1.165, 1.54) is 0 Å². The number of nitrogens with one attached hydrogen (secondary N) is 1. The number of hydrogen-bond acceptors (Lipinski definition) is 5. The highest BCUT2D eigenvalue weighted by molar-refractivity contribution is 5.84. The molecule has 9 nitrogen and oxygen atoms in total. The van der Waals surface area contributed by atoms with E-state index in [9.17, 15) is 19.2 Å². The first-order valence-corrected chi connectivity index (χ1v) is 5.46. The lowest BCUT2D eigenvalue weighted by Crippen LogP contribution is -2.42. The Morgan fingerprint density at radius 1 is 0.947 bits per heavy atom. The zero-order valence-corrected chi connectivity index (χ0v) is 10.0. The smallest absolute Gasteiger partial charge is 0.326 e. The van der Waals surface area contributed by atoms with E-state index in [-0.39, 0.29) is 19.3 Å². The summed E-state index contributed by atoms with van der Waals surface area (Å²) >= 11 is 0. The summed E-state index contributed by atoms with van der Waals surface area (Å²) in [6, 6.07) is -2.52. The Balaban J connectivity index is 4.20. The first-order chi connectivity index (χ1) is 8.73. The van der Waals surface area contributed by atoms with Gasteiger partial charge in [0, 0.05) is 12.8 Å². The molecule has 1 amide bonds. The molecule has 2 atom stereocenters. The van der Waals surface area contributed by atoms with Crippen LogP contribution >= 0.6 is 0 Å². The topological polar surface area (TPSA) is 167 Å². The van der Waals surface area contributed by atoms with Crippen LogP contribution in [0.5, 0.6) is 0 Å². The van der Waals surface area contributed by atoms with Crippen LogP contribution in [0.15, 0.2) is 0 Å². The molecule has 6 N–H and O–H groups in total. The molecule has 0 bridgehead atoms. The fraction of sp³-hybridized carbons (Fsp3) is 0.600. The van der Waals surface area contributed by atoms with Crippen molar-refractivity contribution in [3.63, 3.8) is 0 Å². The predicted octanol–water partition coefficient (Wildman–Crippen LogP) is -1.39. The Morgan fingerprint density at radius 3 is 1.95 bits per heavy atom. The van der Waals surface area contributed by atoms with Gasteiger partial charge in [-0.15, -0.1) is 0 Å². The maximum atomic E-state index is 11.4. The molecule has 19 heavy (non-hydrogen) atoms. The van der Waals surface area contributed by atoms with Crippen molar-refractivity contribution < 1.29 is 34.5 Å². The van der Waals surface area contributed by atoms with Gasteiger partial charge in [0.15, 0.2) is 0 Å². The van der Waals surface area contributed by atoms with Crippen LogP contribution in [0.25, 0.3) is 0 Å². The number of amides is 1. The van der Waals surface area contributed by atoms with E-state index in [0.29, 0.717) is 0 Å². The van der Waals surface area contributed by atoms with Gasteiger partial charge in [0.1, 0.15) is 12.1 Å². The molecule has 0 rings (SSSR count). The van der Waals surface area contributed by atoms with Gasteiger partial charge >= 0.3 is 17.9 Å². The fourth-order valence-corrected chi connectivity index (χ4v) is 1.20. The summed E-state index contributed by atoms with van der Waals surface area (Å²) in [7, 11) is 0. The number of aliphatic carboxylic acids is 3. The van der Waals surface area contributed by atoms with Gasteiger partial charge in [-0.05, 0) is 12.8 Å². The third-order valence-electron chi connectivity index (χ3n) is 2.28. The standard InChI is InChI=1S/C10H16N2O7/c11-5(9(16)17)1-3-7(13)12-6(10(18)19)2-4-8(14)15/h5-6H,1-4,11H2,(H,12,13)(H,14,15)(H,16,17)(H,18,19)/t5-,6-/m1/s1. The average molecular weight is 276 g/mol. The fourth-order valence-electron chi connectivity index (χ4n) is 1.20. The van der Waals surface area contributed by atoms with Gasteiger partial charge in [-0.2, -0.15) is 0 Å².